The number of benzene rings is 2. The number of carbonyl (C=O) groups is 2. The van der Waals surface area contributed by atoms with Crippen LogP contribution in [-0.2, 0) is 4.79 Å². The van der Waals surface area contributed by atoms with Gasteiger partial charge in [-0.05, 0) is 69.3 Å². The van der Waals surface area contributed by atoms with Crippen molar-refractivity contribution in [2.24, 2.45) is 5.92 Å². The van der Waals surface area contributed by atoms with Gasteiger partial charge in [-0.25, -0.2) is 0 Å². The first-order valence-electron chi connectivity index (χ1n) is 10.0. The van der Waals surface area contributed by atoms with Crippen LogP contribution in [0.5, 0.6) is 11.5 Å². The molecule has 0 aromatic heterocycles. The molecule has 2 amide bonds. The molecule has 1 saturated heterocycles. The molecule has 154 valence electrons. The van der Waals surface area contributed by atoms with E-state index in [1.807, 2.05) is 45.0 Å². The van der Waals surface area contributed by atoms with E-state index in [2.05, 4.69) is 5.32 Å². The quantitative estimate of drug-likeness (QED) is 0.740. The number of ether oxygens (including phenoxy) is 2. The van der Waals surface area contributed by atoms with E-state index in [4.69, 9.17) is 9.47 Å². The second-order valence-electron chi connectivity index (χ2n) is 7.40. The lowest BCUT2D eigenvalue weighted by Gasteiger charge is -2.17. The highest BCUT2D eigenvalue weighted by molar-refractivity contribution is 5.96. The zero-order chi connectivity index (χ0) is 20.8. The maximum Gasteiger partial charge on any atom is 0.251 e. The molecule has 3 rings (SSSR count). The molecule has 0 spiro atoms. The van der Waals surface area contributed by atoms with Crippen LogP contribution in [0.3, 0.4) is 0 Å². The van der Waals surface area contributed by atoms with Crippen molar-refractivity contribution in [2.45, 2.75) is 33.3 Å². The van der Waals surface area contributed by atoms with E-state index >= 15 is 0 Å². The molecule has 1 aliphatic heterocycles. The highest BCUT2D eigenvalue weighted by Gasteiger charge is 2.30. The normalized spacial score (nSPS) is 16.2. The molecule has 6 heteroatoms. The molecule has 1 unspecified atom stereocenters. The van der Waals surface area contributed by atoms with Crippen molar-refractivity contribution in [1.82, 2.24) is 5.32 Å². The van der Waals surface area contributed by atoms with E-state index in [1.54, 1.807) is 29.2 Å². The van der Waals surface area contributed by atoms with Crippen LogP contribution in [0.1, 0.15) is 37.6 Å². The van der Waals surface area contributed by atoms with Crippen molar-refractivity contribution in [2.75, 3.05) is 24.6 Å². The van der Waals surface area contributed by atoms with Gasteiger partial charge in [-0.15, -0.1) is 0 Å². The Balaban J connectivity index is 1.52. The van der Waals surface area contributed by atoms with Crippen LogP contribution in [0.15, 0.2) is 48.5 Å². The van der Waals surface area contributed by atoms with Gasteiger partial charge in [-0.1, -0.05) is 0 Å². The van der Waals surface area contributed by atoms with Crippen molar-refractivity contribution in [1.29, 1.82) is 0 Å². The van der Waals surface area contributed by atoms with Gasteiger partial charge >= 0.3 is 0 Å². The fourth-order valence-corrected chi connectivity index (χ4v) is 3.35. The Morgan fingerprint density at radius 2 is 1.76 bits per heavy atom. The molecule has 0 radical (unpaired) electrons. The SMILES string of the molecule is CCOc1ccc(N2CC(CNC(=O)c3ccc(OC(C)C)cc3)CC2=O)cc1. The van der Waals surface area contributed by atoms with Crippen molar-refractivity contribution >= 4 is 17.5 Å². The summed E-state index contributed by atoms with van der Waals surface area (Å²) in [7, 11) is 0. The fourth-order valence-electron chi connectivity index (χ4n) is 3.35. The number of anilines is 1. The van der Waals surface area contributed by atoms with Crippen molar-refractivity contribution in [3.8, 4) is 11.5 Å². The molecular weight excluding hydrogens is 368 g/mol. The van der Waals surface area contributed by atoms with E-state index in [0.29, 0.717) is 31.7 Å². The summed E-state index contributed by atoms with van der Waals surface area (Å²) in [6.07, 6.45) is 0.516. The lowest BCUT2D eigenvalue weighted by Crippen LogP contribution is -2.31. The molecule has 0 bridgehead atoms. The third-order valence-corrected chi connectivity index (χ3v) is 4.70. The zero-order valence-electron chi connectivity index (χ0n) is 17.2. The standard InChI is InChI=1S/C23H28N2O4/c1-4-28-20-11-7-19(8-12-20)25-15-17(13-22(25)26)14-24-23(27)18-5-9-21(10-6-18)29-16(2)3/h5-12,16-17H,4,13-15H2,1-3H3,(H,24,27). The largest absolute Gasteiger partial charge is 0.494 e. The minimum Gasteiger partial charge on any atom is -0.494 e. The summed E-state index contributed by atoms with van der Waals surface area (Å²) >= 11 is 0. The average molecular weight is 396 g/mol. The van der Waals surface area contributed by atoms with Gasteiger partial charge in [0.1, 0.15) is 11.5 Å². The summed E-state index contributed by atoms with van der Waals surface area (Å²) in [5, 5.41) is 2.94. The summed E-state index contributed by atoms with van der Waals surface area (Å²) < 4.78 is 11.0. The predicted molar refractivity (Wildman–Crippen MR) is 113 cm³/mol. The Morgan fingerprint density at radius 1 is 1.10 bits per heavy atom. The Bertz CT molecular complexity index is 831. The monoisotopic (exact) mass is 396 g/mol. The summed E-state index contributed by atoms with van der Waals surface area (Å²) in [6, 6.07) is 14.6. The van der Waals surface area contributed by atoms with E-state index < -0.39 is 0 Å². The average Bonchev–Trinajstić information content (AvgIpc) is 3.08. The van der Waals surface area contributed by atoms with Gasteiger partial charge in [0.25, 0.3) is 5.91 Å². The molecule has 1 aliphatic rings. The Labute approximate surface area is 171 Å². The predicted octanol–water partition coefficient (Wildman–Crippen LogP) is 3.66. The lowest BCUT2D eigenvalue weighted by molar-refractivity contribution is -0.117. The van der Waals surface area contributed by atoms with Gasteiger partial charge in [-0.3, -0.25) is 9.59 Å². The maximum absolute atomic E-state index is 12.4. The van der Waals surface area contributed by atoms with Gasteiger partial charge in [0.05, 0.1) is 12.7 Å². The summed E-state index contributed by atoms with van der Waals surface area (Å²) in [4.78, 5) is 26.6. The molecule has 1 fully saturated rings. The van der Waals surface area contributed by atoms with Gasteiger partial charge in [0.15, 0.2) is 0 Å². The number of nitrogens with one attached hydrogen (secondary N) is 1. The zero-order valence-corrected chi connectivity index (χ0v) is 17.2. The molecule has 6 nitrogen and oxygen atoms in total. The molecule has 0 saturated carbocycles. The first-order chi connectivity index (χ1) is 14.0. The van der Waals surface area contributed by atoms with Crippen molar-refractivity contribution < 1.29 is 19.1 Å². The smallest absolute Gasteiger partial charge is 0.251 e. The van der Waals surface area contributed by atoms with Crippen LogP contribution in [0.2, 0.25) is 0 Å². The van der Waals surface area contributed by atoms with Gasteiger partial charge in [0.2, 0.25) is 5.91 Å². The second-order valence-corrected chi connectivity index (χ2v) is 7.40. The summed E-state index contributed by atoms with van der Waals surface area (Å²) in [5.41, 5.74) is 1.43. The number of nitrogens with zero attached hydrogens (tertiary/aromatic N) is 1. The van der Waals surface area contributed by atoms with E-state index in [1.165, 1.54) is 0 Å². The highest BCUT2D eigenvalue weighted by Crippen LogP contribution is 2.26. The molecule has 0 aliphatic carbocycles. The summed E-state index contributed by atoms with van der Waals surface area (Å²) in [6.45, 7) is 7.51. The minimum atomic E-state index is -0.145. The maximum atomic E-state index is 12.4. The van der Waals surface area contributed by atoms with Gasteiger partial charge in [-0.2, -0.15) is 0 Å². The molecular formula is C23H28N2O4. The van der Waals surface area contributed by atoms with Crippen LogP contribution in [-0.4, -0.2) is 37.6 Å². The van der Waals surface area contributed by atoms with Gasteiger partial charge < -0.3 is 19.7 Å². The Morgan fingerprint density at radius 3 is 2.38 bits per heavy atom. The molecule has 1 N–H and O–H groups in total. The number of carbonyl (C=O) groups excluding carboxylic acids is 2. The summed E-state index contributed by atoms with van der Waals surface area (Å²) in [5.74, 6) is 1.54. The third-order valence-electron chi connectivity index (χ3n) is 4.70. The van der Waals surface area contributed by atoms with E-state index in [0.717, 1.165) is 17.2 Å². The van der Waals surface area contributed by atoms with E-state index in [9.17, 15) is 9.59 Å². The van der Waals surface area contributed by atoms with Crippen LogP contribution >= 0.6 is 0 Å². The topological polar surface area (TPSA) is 67.9 Å². The molecule has 29 heavy (non-hydrogen) atoms. The fraction of sp³-hybridized carbons (Fsp3) is 0.391. The molecule has 2 aromatic carbocycles. The van der Waals surface area contributed by atoms with Crippen molar-refractivity contribution in [3.63, 3.8) is 0 Å². The second kappa shape index (κ2) is 9.45. The number of hydrogen-bond acceptors (Lipinski definition) is 4. The van der Waals surface area contributed by atoms with Crippen LogP contribution in [0.4, 0.5) is 5.69 Å². The van der Waals surface area contributed by atoms with Crippen LogP contribution in [0.25, 0.3) is 0 Å². The lowest BCUT2D eigenvalue weighted by atomic mass is 10.1. The number of amides is 2. The Kier molecular flexibility index (Phi) is 6.75. The third kappa shape index (κ3) is 5.50. The van der Waals surface area contributed by atoms with E-state index in [-0.39, 0.29) is 23.8 Å². The minimum absolute atomic E-state index is 0.0728. The molecule has 1 atom stereocenters. The first-order valence-corrected chi connectivity index (χ1v) is 10.0. The molecule has 2 aromatic rings. The van der Waals surface area contributed by atoms with Crippen LogP contribution < -0.4 is 19.7 Å². The Hall–Kier alpha value is -3.02. The highest BCUT2D eigenvalue weighted by atomic mass is 16.5. The molecule has 1 heterocycles. The number of rotatable bonds is 8. The van der Waals surface area contributed by atoms with Crippen molar-refractivity contribution in [3.05, 3.63) is 54.1 Å². The van der Waals surface area contributed by atoms with Crippen LogP contribution in [0, 0.1) is 5.92 Å². The number of hydrogen-bond donors (Lipinski definition) is 1. The first kappa shape index (κ1) is 20.7. The van der Waals surface area contributed by atoms with Gasteiger partial charge in [0, 0.05) is 36.7 Å².